The van der Waals surface area contributed by atoms with Gasteiger partial charge in [-0.25, -0.2) is 0 Å². The molecule has 94 valence electrons. The van der Waals surface area contributed by atoms with Crippen LogP contribution < -0.4 is 10.1 Å². The smallest absolute Gasteiger partial charge is 0.119 e. The second-order valence-electron chi connectivity index (χ2n) is 4.25. The van der Waals surface area contributed by atoms with Gasteiger partial charge in [0.1, 0.15) is 5.75 Å². The van der Waals surface area contributed by atoms with Crippen LogP contribution in [0.3, 0.4) is 0 Å². The number of rotatable bonds is 6. The second-order valence-corrected chi connectivity index (χ2v) is 4.25. The van der Waals surface area contributed by atoms with E-state index in [1.54, 1.807) is 7.11 Å². The first-order valence-electron chi connectivity index (χ1n) is 6.30. The normalized spacial score (nSPS) is 10.1. The molecular formula is C16H19NO. The van der Waals surface area contributed by atoms with Gasteiger partial charge in [0.05, 0.1) is 7.11 Å². The molecule has 0 saturated carbocycles. The van der Waals surface area contributed by atoms with E-state index in [0.29, 0.717) is 0 Å². The van der Waals surface area contributed by atoms with Crippen molar-refractivity contribution >= 4 is 5.69 Å². The van der Waals surface area contributed by atoms with Gasteiger partial charge in [0, 0.05) is 12.2 Å². The van der Waals surface area contributed by atoms with E-state index >= 15 is 0 Å². The van der Waals surface area contributed by atoms with E-state index in [1.807, 2.05) is 30.3 Å². The first-order chi connectivity index (χ1) is 8.88. The molecule has 0 radical (unpaired) electrons. The third-order valence-electron chi connectivity index (χ3n) is 2.88. The van der Waals surface area contributed by atoms with E-state index in [1.165, 1.54) is 11.3 Å². The summed E-state index contributed by atoms with van der Waals surface area (Å²) in [4.78, 5) is 0. The molecule has 0 bridgehead atoms. The minimum absolute atomic E-state index is 0.934. The lowest BCUT2D eigenvalue weighted by molar-refractivity contribution is 0.414. The molecular weight excluding hydrogens is 222 g/mol. The zero-order chi connectivity index (χ0) is 12.6. The maximum absolute atomic E-state index is 5.21. The standard InChI is InChI=1S/C16H19NO/c1-18-16-11-5-7-14(13-16)8-6-12-17-15-9-3-2-4-10-15/h2-5,7,9-11,13,17H,6,8,12H2,1H3. The van der Waals surface area contributed by atoms with Gasteiger partial charge in [0.25, 0.3) is 0 Å². The van der Waals surface area contributed by atoms with Crippen LogP contribution >= 0.6 is 0 Å². The molecule has 0 aliphatic carbocycles. The Bertz CT molecular complexity index is 468. The fourth-order valence-corrected chi connectivity index (χ4v) is 1.91. The zero-order valence-corrected chi connectivity index (χ0v) is 10.7. The first-order valence-corrected chi connectivity index (χ1v) is 6.30. The molecule has 18 heavy (non-hydrogen) atoms. The van der Waals surface area contributed by atoms with Crippen LogP contribution in [0, 0.1) is 0 Å². The molecule has 2 nitrogen and oxygen atoms in total. The van der Waals surface area contributed by atoms with E-state index in [4.69, 9.17) is 4.74 Å². The van der Waals surface area contributed by atoms with Gasteiger partial charge in [-0.05, 0) is 42.7 Å². The van der Waals surface area contributed by atoms with Crippen LogP contribution in [0.25, 0.3) is 0 Å². The highest BCUT2D eigenvalue weighted by Crippen LogP contribution is 2.14. The number of aryl methyl sites for hydroxylation is 1. The number of ether oxygens (including phenoxy) is 1. The Morgan fingerprint density at radius 1 is 1.00 bits per heavy atom. The molecule has 0 aliphatic heterocycles. The molecule has 2 aromatic rings. The highest BCUT2D eigenvalue weighted by molar-refractivity contribution is 5.42. The van der Waals surface area contributed by atoms with Crippen molar-refractivity contribution in [3.63, 3.8) is 0 Å². The summed E-state index contributed by atoms with van der Waals surface area (Å²) in [6, 6.07) is 18.6. The third-order valence-corrected chi connectivity index (χ3v) is 2.88. The number of anilines is 1. The second kappa shape index (κ2) is 6.70. The Morgan fingerprint density at radius 3 is 2.61 bits per heavy atom. The van der Waals surface area contributed by atoms with E-state index < -0.39 is 0 Å². The van der Waals surface area contributed by atoms with Crippen molar-refractivity contribution in [2.45, 2.75) is 12.8 Å². The maximum Gasteiger partial charge on any atom is 0.119 e. The van der Waals surface area contributed by atoms with Crippen molar-refractivity contribution < 1.29 is 4.74 Å². The number of benzene rings is 2. The Morgan fingerprint density at radius 2 is 1.83 bits per heavy atom. The molecule has 2 rings (SSSR count). The van der Waals surface area contributed by atoms with Crippen molar-refractivity contribution in [1.82, 2.24) is 0 Å². The molecule has 2 heteroatoms. The lowest BCUT2D eigenvalue weighted by Gasteiger charge is -2.07. The minimum atomic E-state index is 0.934. The fourth-order valence-electron chi connectivity index (χ4n) is 1.91. The van der Waals surface area contributed by atoms with Gasteiger partial charge in [-0.1, -0.05) is 30.3 Å². The number of nitrogens with one attached hydrogen (secondary N) is 1. The van der Waals surface area contributed by atoms with E-state index in [-0.39, 0.29) is 0 Å². The van der Waals surface area contributed by atoms with Crippen molar-refractivity contribution in [3.05, 3.63) is 60.2 Å². The lowest BCUT2D eigenvalue weighted by Crippen LogP contribution is -2.02. The highest BCUT2D eigenvalue weighted by Gasteiger charge is 1.96. The third kappa shape index (κ3) is 3.81. The van der Waals surface area contributed by atoms with Crippen molar-refractivity contribution in [2.24, 2.45) is 0 Å². The Balaban J connectivity index is 1.75. The average Bonchev–Trinajstić information content (AvgIpc) is 2.45. The van der Waals surface area contributed by atoms with Crippen LogP contribution in [-0.2, 0) is 6.42 Å². The first kappa shape index (κ1) is 12.5. The Labute approximate surface area is 109 Å². The molecule has 0 amide bonds. The number of methoxy groups -OCH3 is 1. The van der Waals surface area contributed by atoms with Gasteiger partial charge in [-0.2, -0.15) is 0 Å². The zero-order valence-electron chi connectivity index (χ0n) is 10.7. The Kier molecular flexibility index (Phi) is 4.65. The topological polar surface area (TPSA) is 21.3 Å². The largest absolute Gasteiger partial charge is 0.497 e. The molecule has 0 heterocycles. The summed E-state index contributed by atoms with van der Waals surface area (Å²) in [6.45, 7) is 0.987. The summed E-state index contributed by atoms with van der Waals surface area (Å²) in [5.41, 5.74) is 2.51. The minimum Gasteiger partial charge on any atom is -0.497 e. The fraction of sp³-hybridized carbons (Fsp3) is 0.250. The number of hydrogen-bond acceptors (Lipinski definition) is 2. The van der Waals surface area contributed by atoms with Gasteiger partial charge in [0.2, 0.25) is 0 Å². The van der Waals surface area contributed by atoms with Gasteiger partial charge in [-0.15, -0.1) is 0 Å². The predicted octanol–water partition coefficient (Wildman–Crippen LogP) is 3.74. The van der Waals surface area contributed by atoms with Gasteiger partial charge < -0.3 is 10.1 Å². The van der Waals surface area contributed by atoms with Crippen LogP contribution in [0.1, 0.15) is 12.0 Å². The summed E-state index contributed by atoms with van der Waals surface area (Å²) in [5.74, 6) is 0.934. The van der Waals surface area contributed by atoms with Crippen LogP contribution in [-0.4, -0.2) is 13.7 Å². The molecule has 0 atom stereocenters. The summed E-state index contributed by atoms with van der Waals surface area (Å²) >= 11 is 0. The number of para-hydroxylation sites is 1. The predicted molar refractivity (Wildman–Crippen MR) is 76.2 cm³/mol. The molecule has 0 saturated heterocycles. The average molecular weight is 241 g/mol. The van der Waals surface area contributed by atoms with Crippen LogP contribution in [0.15, 0.2) is 54.6 Å². The van der Waals surface area contributed by atoms with Crippen LogP contribution in [0.5, 0.6) is 5.75 Å². The highest BCUT2D eigenvalue weighted by atomic mass is 16.5. The molecule has 0 unspecified atom stereocenters. The molecule has 2 aromatic carbocycles. The number of hydrogen-bond donors (Lipinski definition) is 1. The molecule has 1 N–H and O–H groups in total. The molecule has 0 spiro atoms. The van der Waals surface area contributed by atoms with E-state index in [2.05, 4.69) is 29.6 Å². The quantitative estimate of drug-likeness (QED) is 0.778. The summed E-state index contributed by atoms with van der Waals surface area (Å²) < 4.78 is 5.21. The molecule has 0 aromatic heterocycles. The lowest BCUT2D eigenvalue weighted by atomic mass is 10.1. The van der Waals surface area contributed by atoms with Crippen LogP contribution in [0.4, 0.5) is 5.69 Å². The molecule has 0 fully saturated rings. The van der Waals surface area contributed by atoms with Gasteiger partial charge in [0.15, 0.2) is 0 Å². The summed E-state index contributed by atoms with van der Waals surface area (Å²) in [6.07, 6.45) is 2.18. The SMILES string of the molecule is COc1cccc(CCCNc2ccccc2)c1. The summed E-state index contributed by atoms with van der Waals surface area (Å²) in [7, 11) is 1.70. The van der Waals surface area contributed by atoms with E-state index in [9.17, 15) is 0 Å². The van der Waals surface area contributed by atoms with E-state index in [0.717, 1.165) is 25.1 Å². The van der Waals surface area contributed by atoms with Gasteiger partial charge >= 0.3 is 0 Å². The van der Waals surface area contributed by atoms with Crippen molar-refractivity contribution in [2.75, 3.05) is 19.0 Å². The summed E-state index contributed by atoms with van der Waals surface area (Å²) in [5, 5.41) is 3.41. The van der Waals surface area contributed by atoms with Crippen molar-refractivity contribution in [1.29, 1.82) is 0 Å². The molecule has 0 aliphatic rings. The monoisotopic (exact) mass is 241 g/mol. The van der Waals surface area contributed by atoms with Gasteiger partial charge in [-0.3, -0.25) is 0 Å². The maximum atomic E-state index is 5.21. The van der Waals surface area contributed by atoms with Crippen molar-refractivity contribution in [3.8, 4) is 5.75 Å². The van der Waals surface area contributed by atoms with Crippen LogP contribution in [0.2, 0.25) is 0 Å². The Hall–Kier alpha value is -1.96.